The lowest BCUT2D eigenvalue weighted by atomic mass is 9.99. The molecule has 8 nitrogen and oxygen atoms in total. The molecule has 2 aromatic carbocycles. The van der Waals surface area contributed by atoms with Crippen molar-refractivity contribution in [3.8, 4) is 11.5 Å². The fraction of sp³-hybridized carbons (Fsp3) is 0.357. The number of anilines is 1. The summed E-state index contributed by atoms with van der Waals surface area (Å²) in [6.45, 7) is 5.69. The molecule has 0 atom stereocenters. The molecule has 0 radical (unpaired) electrons. The second-order valence-electron chi connectivity index (χ2n) is 9.29. The standard InChI is InChI=1S/C28H31F3N4O4/c1-19(2)24-15-21(28(29,30)31)7-10-25(24)39-13-11-26(36)33-22-16-32-35(17-22)18-27(37)34(4)12-14-38-23-8-5-20(3)6-9-23/h5-10,12,15-17,19H,11,13-14,18H2,1-4H3/p+1. The molecule has 1 N–H and O–H groups in total. The zero-order valence-corrected chi connectivity index (χ0v) is 22.3. The molecule has 0 bridgehead atoms. The number of aromatic nitrogens is 2. The van der Waals surface area contributed by atoms with Crippen LogP contribution in [-0.4, -0.2) is 52.6 Å². The van der Waals surface area contributed by atoms with E-state index in [1.807, 2.05) is 31.2 Å². The summed E-state index contributed by atoms with van der Waals surface area (Å²) in [7, 11) is 1.62. The maximum atomic E-state index is 13.0. The number of hydrogen-bond donors (Lipinski definition) is 1. The number of halogens is 3. The Balaban J connectivity index is 1.46. The summed E-state index contributed by atoms with van der Waals surface area (Å²) in [4.78, 5) is 24.8. The molecule has 0 unspecified atom stereocenters. The van der Waals surface area contributed by atoms with Crippen molar-refractivity contribution < 1.29 is 36.8 Å². The highest BCUT2D eigenvalue weighted by Crippen LogP contribution is 2.35. The molecule has 2 amide bonds. The maximum Gasteiger partial charge on any atom is 0.416 e. The number of benzene rings is 2. The Kier molecular flexibility index (Phi) is 9.86. The smallest absolute Gasteiger partial charge is 0.416 e. The SMILES string of the molecule is Cc1ccc(OCC=[N+](C)C(=O)Cn2cc(NC(=O)CCOc3ccc(C(F)(F)F)cc3C(C)C)cn2)cc1. The van der Waals surface area contributed by atoms with Crippen LogP contribution in [-0.2, 0) is 22.3 Å². The molecule has 0 aliphatic carbocycles. The predicted octanol–water partition coefficient (Wildman–Crippen LogP) is 5.06. The fourth-order valence-corrected chi connectivity index (χ4v) is 3.53. The molecule has 3 aromatic rings. The second-order valence-corrected chi connectivity index (χ2v) is 9.29. The Bertz CT molecular complexity index is 1320. The van der Waals surface area contributed by atoms with E-state index in [1.165, 1.54) is 27.7 Å². The van der Waals surface area contributed by atoms with Crippen LogP contribution in [0.4, 0.5) is 18.9 Å². The van der Waals surface area contributed by atoms with E-state index in [1.54, 1.807) is 27.1 Å². The highest BCUT2D eigenvalue weighted by Gasteiger charge is 2.31. The van der Waals surface area contributed by atoms with Gasteiger partial charge in [-0.2, -0.15) is 22.8 Å². The van der Waals surface area contributed by atoms with Crippen molar-refractivity contribution in [2.24, 2.45) is 0 Å². The molecule has 0 aliphatic rings. The van der Waals surface area contributed by atoms with Gasteiger partial charge >= 0.3 is 12.1 Å². The summed E-state index contributed by atoms with van der Waals surface area (Å²) >= 11 is 0. The van der Waals surface area contributed by atoms with Crippen LogP contribution in [0.25, 0.3) is 0 Å². The first-order valence-electron chi connectivity index (χ1n) is 12.4. The first-order valence-corrected chi connectivity index (χ1v) is 12.4. The zero-order chi connectivity index (χ0) is 28.6. The molecule has 3 rings (SSSR count). The monoisotopic (exact) mass is 545 g/mol. The number of hydrogen-bond acceptors (Lipinski definition) is 5. The van der Waals surface area contributed by atoms with E-state index in [2.05, 4.69) is 10.4 Å². The van der Waals surface area contributed by atoms with Crippen molar-refractivity contribution in [1.82, 2.24) is 9.78 Å². The normalized spacial score (nSPS) is 11.9. The van der Waals surface area contributed by atoms with E-state index in [-0.39, 0.29) is 43.9 Å². The summed E-state index contributed by atoms with van der Waals surface area (Å²) in [5.41, 5.74) is 1.20. The molecule has 0 spiro atoms. The third-order valence-electron chi connectivity index (χ3n) is 5.77. The highest BCUT2D eigenvalue weighted by atomic mass is 19.4. The van der Waals surface area contributed by atoms with Crippen LogP contribution in [0.2, 0.25) is 0 Å². The fourth-order valence-electron chi connectivity index (χ4n) is 3.53. The zero-order valence-electron chi connectivity index (χ0n) is 22.3. The highest BCUT2D eigenvalue weighted by molar-refractivity contribution is 5.90. The van der Waals surface area contributed by atoms with Gasteiger partial charge in [0.15, 0.2) is 19.4 Å². The van der Waals surface area contributed by atoms with Gasteiger partial charge in [-0.15, -0.1) is 0 Å². The van der Waals surface area contributed by atoms with Crippen molar-refractivity contribution >= 4 is 23.7 Å². The minimum atomic E-state index is -4.44. The number of amides is 2. The lowest BCUT2D eigenvalue weighted by Gasteiger charge is -2.16. The van der Waals surface area contributed by atoms with Crippen molar-refractivity contribution in [3.63, 3.8) is 0 Å². The Labute approximate surface area is 225 Å². The summed E-state index contributed by atoms with van der Waals surface area (Å²) in [6.07, 6.45) is 0.0982. The maximum absolute atomic E-state index is 13.0. The van der Waals surface area contributed by atoms with E-state index in [0.717, 1.165) is 17.7 Å². The van der Waals surface area contributed by atoms with E-state index >= 15 is 0 Å². The molecule has 0 saturated carbocycles. The van der Waals surface area contributed by atoms with Gasteiger partial charge < -0.3 is 14.8 Å². The van der Waals surface area contributed by atoms with Gasteiger partial charge in [0.05, 0.1) is 30.5 Å². The third-order valence-corrected chi connectivity index (χ3v) is 5.77. The molecule has 11 heteroatoms. The largest absolute Gasteiger partial charge is 0.493 e. The quantitative estimate of drug-likeness (QED) is 0.269. The van der Waals surface area contributed by atoms with Gasteiger partial charge in [-0.25, -0.2) is 4.79 Å². The average Bonchev–Trinajstić information content (AvgIpc) is 3.30. The van der Waals surface area contributed by atoms with Gasteiger partial charge in [-0.3, -0.25) is 9.48 Å². The molecule has 0 aliphatic heterocycles. The number of carbonyl (C=O) groups is 2. The second kappa shape index (κ2) is 13.1. The molecule has 0 fully saturated rings. The van der Waals surface area contributed by atoms with E-state index < -0.39 is 11.7 Å². The van der Waals surface area contributed by atoms with Crippen LogP contribution in [0.5, 0.6) is 11.5 Å². The Morgan fingerprint density at radius 1 is 1.13 bits per heavy atom. The lowest BCUT2D eigenvalue weighted by molar-refractivity contribution is -0.416. The molecule has 208 valence electrons. The Morgan fingerprint density at radius 3 is 2.51 bits per heavy atom. The summed E-state index contributed by atoms with van der Waals surface area (Å²) in [6, 6.07) is 10.9. The first kappa shape index (κ1) is 29.4. The minimum Gasteiger partial charge on any atom is -0.493 e. The summed E-state index contributed by atoms with van der Waals surface area (Å²) < 4.78 is 53.1. The van der Waals surface area contributed by atoms with E-state index in [4.69, 9.17) is 9.47 Å². The van der Waals surface area contributed by atoms with Crippen LogP contribution in [0.15, 0.2) is 54.9 Å². The number of ether oxygens (including phenoxy) is 2. The van der Waals surface area contributed by atoms with Gasteiger partial charge in [0.2, 0.25) is 5.91 Å². The molecular formula is C28H32F3N4O4+. The lowest BCUT2D eigenvalue weighted by Crippen LogP contribution is -2.24. The van der Waals surface area contributed by atoms with Gasteiger partial charge in [0, 0.05) is 6.20 Å². The number of carbonyl (C=O) groups excluding carboxylic acids is 2. The molecule has 1 heterocycles. The summed E-state index contributed by atoms with van der Waals surface area (Å²) in [5, 5.41) is 6.77. The predicted molar refractivity (Wildman–Crippen MR) is 140 cm³/mol. The molecule has 39 heavy (non-hydrogen) atoms. The topological polar surface area (TPSA) is 85.5 Å². The molecule has 0 saturated heterocycles. The number of rotatable bonds is 11. The first-order chi connectivity index (χ1) is 18.4. The van der Waals surface area contributed by atoms with Crippen molar-refractivity contribution in [1.29, 1.82) is 0 Å². The number of likely N-dealkylation sites (N-methyl/N-ethyl adjacent to an activating group) is 1. The number of alkyl halides is 3. The molecule has 1 aromatic heterocycles. The van der Waals surface area contributed by atoms with E-state index in [0.29, 0.717) is 22.7 Å². The number of aryl methyl sites for hydroxylation is 1. The van der Waals surface area contributed by atoms with Gasteiger partial charge in [0.25, 0.3) is 0 Å². The van der Waals surface area contributed by atoms with E-state index in [9.17, 15) is 22.8 Å². The van der Waals surface area contributed by atoms with Gasteiger partial charge in [0.1, 0.15) is 18.5 Å². The summed E-state index contributed by atoms with van der Waals surface area (Å²) in [5.74, 6) is 0.228. The van der Waals surface area contributed by atoms with Crippen LogP contribution in [0.3, 0.4) is 0 Å². The van der Waals surface area contributed by atoms with Gasteiger partial charge in [-0.1, -0.05) is 31.5 Å². The minimum absolute atomic E-state index is 0.0190. The van der Waals surface area contributed by atoms with Crippen LogP contribution in [0, 0.1) is 6.92 Å². The van der Waals surface area contributed by atoms with Crippen LogP contribution in [0.1, 0.15) is 42.9 Å². The van der Waals surface area contributed by atoms with Crippen LogP contribution >= 0.6 is 0 Å². The van der Waals surface area contributed by atoms with Crippen molar-refractivity contribution in [2.45, 2.75) is 45.8 Å². The average molecular weight is 546 g/mol. The van der Waals surface area contributed by atoms with Crippen LogP contribution < -0.4 is 14.8 Å². The third kappa shape index (κ3) is 8.98. The number of nitrogens with one attached hydrogen (secondary N) is 1. The Hall–Kier alpha value is -4.15. The van der Waals surface area contributed by atoms with Crippen molar-refractivity contribution in [2.75, 3.05) is 25.6 Å². The molecular weight excluding hydrogens is 513 g/mol. The van der Waals surface area contributed by atoms with Gasteiger partial charge in [-0.05, 0) is 48.7 Å². The van der Waals surface area contributed by atoms with Crippen molar-refractivity contribution in [3.05, 3.63) is 71.5 Å². The Morgan fingerprint density at radius 2 is 1.85 bits per heavy atom. The number of nitrogens with zero attached hydrogens (tertiary/aromatic N) is 3.